The van der Waals surface area contributed by atoms with Crippen LogP contribution >= 0.6 is 0 Å². The first kappa shape index (κ1) is 72.8. The van der Waals surface area contributed by atoms with Crippen molar-refractivity contribution >= 4 is 17.9 Å². The summed E-state index contributed by atoms with van der Waals surface area (Å²) in [5.41, 5.74) is 0. The molecule has 0 aromatic rings. The molecule has 0 rings (SSSR count). The molecule has 0 fully saturated rings. The van der Waals surface area contributed by atoms with Crippen LogP contribution in [0.1, 0.15) is 290 Å². The van der Waals surface area contributed by atoms with Crippen molar-refractivity contribution in [3.63, 3.8) is 0 Å². The van der Waals surface area contributed by atoms with Crippen molar-refractivity contribution in [1.29, 1.82) is 0 Å². The molecular formula is C71H118O6. The Balaban J connectivity index is 4.33. The van der Waals surface area contributed by atoms with Gasteiger partial charge in [0.25, 0.3) is 0 Å². The molecule has 0 radical (unpaired) electrons. The first-order valence-corrected chi connectivity index (χ1v) is 32.0. The van der Waals surface area contributed by atoms with E-state index < -0.39 is 6.10 Å². The Labute approximate surface area is 475 Å². The number of hydrogen-bond acceptors (Lipinski definition) is 6. The quantitative estimate of drug-likeness (QED) is 0.0261. The van der Waals surface area contributed by atoms with Crippen LogP contribution in [-0.2, 0) is 28.6 Å². The van der Waals surface area contributed by atoms with E-state index in [0.717, 1.165) is 122 Å². The Morgan fingerprint density at radius 1 is 0.273 bits per heavy atom. The average Bonchev–Trinajstić information content (AvgIpc) is 3.43. The third-order valence-electron chi connectivity index (χ3n) is 13.5. The molecule has 0 spiro atoms. The Kier molecular flexibility index (Phi) is 60.8. The van der Waals surface area contributed by atoms with Crippen LogP contribution in [0.2, 0.25) is 0 Å². The second kappa shape index (κ2) is 64.3. The molecule has 6 nitrogen and oxygen atoms in total. The summed E-state index contributed by atoms with van der Waals surface area (Å²) in [6.07, 6.45) is 89.2. The maximum Gasteiger partial charge on any atom is 0.306 e. The number of hydrogen-bond donors (Lipinski definition) is 0. The minimum absolute atomic E-state index is 0.0892. The van der Waals surface area contributed by atoms with Crippen molar-refractivity contribution in [3.8, 4) is 0 Å². The predicted octanol–water partition coefficient (Wildman–Crippen LogP) is 22.0. The van der Waals surface area contributed by atoms with Gasteiger partial charge in [-0.05, 0) is 96.3 Å². The third kappa shape index (κ3) is 62.5. The summed E-state index contributed by atoms with van der Waals surface area (Å²) in [5.74, 6) is -0.929. The standard InChI is InChI=1S/C71H118O6/c1-4-7-10-13-16-19-22-25-26-27-28-29-30-31-32-33-34-35-36-37-38-39-40-41-42-43-44-47-49-52-55-58-61-64-70(73)76-67-68(77-71(74)65-62-59-56-53-50-46-24-21-18-15-12-9-6-3)66-75-69(72)63-60-57-54-51-48-45-23-20-17-14-11-8-5-2/h7,10,16,19,25-26,28-29,31-32,34-35,37-38,40-41,43-44,49,52,68H,4-6,8-9,11-15,17-18,20-24,27,30,33,36,39,42,45-48,50-51,53-67H2,1-3H3/b10-7-,19-16-,26-25-,29-28-,32-31-,35-34-,38-37-,41-40-,44-43-,52-49-. The van der Waals surface area contributed by atoms with Gasteiger partial charge < -0.3 is 14.2 Å². The SMILES string of the molecule is CC/C=C\C/C=C\C/C=C\C/C=C\C/C=C\C/C=C\C/C=C\C/C=C\C/C=C\C/C=C\CCCCC(=O)OCC(COC(=O)CCCCCCCCCCCCCCC)OC(=O)CCCCCCCCCCCCCCC. The zero-order valence-electron chi connectivity index (χ0n) is 50.2. The van der Waals surface area contributed by atoms with Crippen molar-refractivity contribution in [3.05, 3.63) is 122 Å². The van der Waals surface area contributed by atoms with Gasteiger partial charge in [-0.1, -0.05) is 296 Å². The van der Waals surface area contributed by atoms with Gasteiger partial charge in [0.15, 0.2) is 6.10 Å². The van der Waals surface area contributed by atoms with Crippen LogP contribution in [0, 0.1) is 0 Å². The van der Waals surface area contributed by atoms with E-state index in [4.69, 9.17) is 14.2 Å². The van der Waals surface area contributed by atoms with Crippen molar-refractivity contribution in [2.75, 3.05) is 13.2 Å². The van der Waals surface area contributed by atoms with Crippen LogP contribution in [0.5, 0.6) is 0 Å². The minimum Gasteiger partial charge on any atom is -0.462 e. The molecule has 77 heavy (non-hydrogen) atoms. The lowest BCUT2D eigenvalue weighted by Gasteiger charge is -2.18. The van der Waals surface area contributed by atoms with Crippen LogP contribution in [0.15, 0.2) is 122 Å². The van der Waals surface area contributed by atoms with Crippen molar-refractivity contribution in [2.24, 2.45) is 0 Å². The highest BCUT2D eigenvalue weighted by Crippen LogP contribution is 2.16. The summed E-state index contributed by atoms with van der Waals surface area (Å²) >= 11 is 0. The maximum absolute atomic E-state index is 12.9. The average molecular weight is 1070 g/mol. The van der Waals surface area contributed by atoms with E-state index in [1.807, 2.05) is 0 Å². The van der Waals surface area contributed by atoms with Gasteiger partial charge in [0.2, 0.25) is 0 Å². The molecular weight excluding hydrogens is 949 g/mol. The molecule has 0 amide bonds. The van der Waals surface area contributed by atoms with Gasteiger partial charge in [0, 0.05) is 19.3 Å². The molecule has 0 heterocycles. The van der Waals surface area contributed by atoms with E-state index in [1.54, 1.807) is 0 Å². The summed E-state index contributed by atoms with van der Waals surface area (Å²) < 4.78 is 16.9. The second-order valence-corrected chi connectivity index (χ2v) is 21.0. The summed E-state index contributed by atoms with van der Waals surface area (Å²) in [5, 5.41) is 0. The van der Waals surface area contributed by atoms with Gasteiger partial charge in [-0.25, -0.2) is 0 Å². The van der Waals surface area contributed by atoms with Crippen molar-refractivity contribution in [2.45, 2.75) is 297 Å². The van der Waals surface area contributed by atoms with Gasteiger partial charge in [-0.3, -0.25) is 14.4 Å². The van der Waals surface area contributed by atoms with E-state index in [0.29, 0.717) is 19.3 Å². The van der Waals surface area contributed by atoms with Gasteiger partial charge in [-0.2, -0.15) is 0 Å². The van der Waals surface area contributed by atoms with E-state index in [2.05, 4.69) is 142 Å². The molecule has 0 aliphatic carbocycles. The fourth-order valence-corrected chi connectivity index (χ4v) is 8.71. The number of carbonyl (C=O) groups excluding carboxylic acids is 3. The maximum atomic E-state index is 12.9. The zero-order chi connectivity index (χ0) is 55.7. The van der Waals surface area contributed by atoms with Crippen LogP contribution in [0.3, 0.4) is 0 Å². The zero-order valence-corrected chi connectivity index (χ0v) is 50.2. The van der Waals surface area contributed by atoms with Crippen molar-refractivity contribution < 1.29 is 28.6 Å². The van der Waals surface area contributed by atoms with Gasteiger partial charge >= 0.3 is 17.9 Å². The molecule has 0 N–H and O–H groups in total. The number of allylic oxidation sites excluding steroid dienone is 20. The molecule has 0 saturated heterocycles. The lowest BCUT2D eigenvalue weighted by Crippen LogP contribution is -2.30. The lowest BCUT2D eigenvalue weighted by molar-refractivity contribution is -0.167. The molecule has 0 aromatic heterocycles. The molecule has 1 unspecified atom stereocenters. The van der Waals surface area contributed by atoms with E-state index in [1.165, 1.54) is 128 Å². The number of esters is 3. The summed E-state index contributed by atoms with van der Waals surface area (Å²) in [6.45, 7) is 6.50. The molecule has 0 aliphatic rings. The summed E-state index contributed by atoms with van der Waals surface area (Å²) in [6, 6.07) is 0. The largest absolute Gasteiger partial charge is 0.462 e. The molecule has 0 aliphatic heterocycles. The first-order valence-electron chi connectivity index (χ1n) is 32.0. The molecule has 1 atom stereocenters. The van der Waals surface area contributed by atoms with Gasteiger partial charge in [0.05, 0.1) is 0 Å². The fraction of sp³-hybridized carbons (Fsp3) is 0.676. The number of carbonyl (C=O) groups is 3. The van der Waals surface area contributed by atoms with Gasteiger partial charge in [0.1, 0.15) is 13.2 Å². The van der Waals surface area contributed by atoms with Gasteiger partial charge in [-0.15, -0.1) is 0 Å². The van der Waals surface area contributed by atoms with Crippen LogP contribution < -0.4 is 0 Å². The number of rotatable bonds is 57. The topological polar surface area (TPSA) is 78.9 Å². The van der Waals surface area contributed by atoms with Crippen LogP contribution in [0.4, 0.5) is 0 Å². The van der Waals surface area contributed by atoms with Crippen LogP contribution in [0.25, 0.3) is 0 Å². The molecule has 438 valence electrons. The highest BCUT2D eigenvalue weighted by molar-refractivity contribution is 5.71. The smallest absolute Gasteiger partial charge is 0.306 e. The third-order valence-corrected chi connectivity index (χ3v) is 13.5. The van der Waals surface area contributed by atoms with Crippen molar-refractivity contribution in [1.82, 2.24) is 0 Å². The Bertz CT molecular complexity index is 1600. The number of ether oxygens (including phenoxy) is 3. The Hall–Kier alpha value is -4.19. The molecule has 0 bridgehead atoms. The molecule has 6 heteroatoms. The normalized spacial score (nSPS) is 12.9. The monoisotopic (exact) mass is 1070 g/mol. The lowest BCUT2D eigenvalue weighted by atomic mass is 10.0. The second-order valence-electron chi connectivity index (χ2n) is 21.0. The first-order chi connectivity index (χ1) is 38.0. The van der Waals surface area contributed by atoms with Crippen LogP contribution in [-0.4, -0.2) is 37.2 Å². The summed E-state index contributed by atoms with van der Waals surface area (Å²) in [7, 11) is 0. The highest BCUT2D eigenvalue weighted by Gasteiger charge is 2.19. The van der Waals surface area contributed by atoms with E-state index >= 15 is 0 Å². The fourth-order valence-electron chi connectivity index (χ4n) is 8.71. The minimum atomic E-state index is -0.795. The van der Waals surface area contributed by atoms with E-state index in [9.17, 15) is 14.4 Å². The molecule has 0 aromatic carbocycles. The Morgan fingerprint density at radius 3 is 0.792 bits per heavy atom. The number of unbranched alkanes of at least 4 members (excludes halogenated alkanes) is 26. The van der Waals surface area contributed by atoms with E-state index in [-0.39, 0.29) is 31.1 Å². The Morgan fingerprint density at radius 2 is 0.506 bits per heavy atom. The highest BCUT2D eigenvalue weighted by atomic mass is 16.6. The molecule has 0 saturated carbocycles. The summed E-state index contributed by atoms with van der Waals surface area (Å²) in [4.78, 5) is 38.2. The predicted molar refractivity (Wildman–Crippen MR) is 334 cm³/mol.